The van der Waals surface area contributed by atoms with E-state index in [4.69, 9.17) is 5.11 Å². The molecule has 2 N–H and O–H groups in total. The zero-order valence-electron chi connectivity index (χ0n) is 7.51. The largest absolute Gasteiger partial charge is 0.465 e. The van der Waals surface area contributed by atoms with Crippen LogP contribution in [-0.2, 0) is 0 Å². The predicted octanol–water partition coefficient (Wildman–Crippen LogP) is 0.767. The van der Waals surface area contributed by atoms with Crippen molar-refractivity contribution in [3.63, 3.8) is 0 Å². The highest BCUT2D eigenvalue weighted by molar-refractivity contribution is 7.09. The first-order valence-corrected chi connectivity index (χ1v) is 5.26. The third kappa shape index (κ3) is 1.85. The third-order valence-corrected chi connectivity index (χ3v) is 3.08. The lowest BCUT2D eigenvalue weighted by Crippen LogP contribution is -2.47. The number of hydrogen-bond acceptors (Lipinski definition) is 4. The number of hydrogen-bond donors (Lipinski definition) is 2. The van der Waals surface area contributed by atoms with Gasteiger partial charge in [0.15, 0.2) is 0 Å². The number of carbonyl (C=O) groups is 1. The molecule has 2 heterocycles. The third-order valence-electron chi connectivity index (χ3n) is 2.20. The van der Waals surface area contributed by atoms with E-state index < -0.39 is 6.09 Å². The summed E-state index contributed by atoms with van der Waals surface area (Å²) in [7, 11) is 0. The van der Waals surface area contributed by atoms with Crippen LogP contribution >= 0.6 is 11.3 Å². The van der Waals surface area contributed by atoms with E-state index in [-0.39, 0.29) is 6.04 Å². The van der Waals surface area contributed by atoms with Crippen LogP contribution in [0.3, 0.4) is 0 Å². The minimum Gasteiger partial charge on any atom is -0.465 e. The standard InChI is InChI=1S/C8H11N3O2S/c12-8(13)11-3-1-9-6(5-11)7-10-2-4-14-7/h2,4,6,9H,1,3,5H2,(H,12,13). The van der Waals surface area contributed by atoms with Crippen molar-refractivity contribution in [2.75, 3.05) is 19.6 Å². The van der Waals surface area contributed by atoms with Gasteiger partial charge in [-0.05, 0) is 0 Å². The summed E-state index contributed by atoms with van der Waals surface area (Å²) >= 11 is 1.55. The molecule has 0 radical (unpaired) electrons. The Hall–Kier alpha value is -1.14. The Morgan fingerprint density at radius 2 is 2.64 bits per heavy atom. The van der Waals surface area contributed by atoms with E-state index in [1.807, 2.05) is 5.38 Å². The lowest BCUT2D eigenvalue weighted by Gasteiger charge is -2.30. The molecule has 0 bridgehead atoms. The van der Waals surface area contributed by atoms with E-state index in [2.05, 4.69) is 10.3 Å². The fourth-order valence-corrected chi connectivity index (χ4v) is 2.20. The number of rotatable bonds is 1. The summed E-state index contributed by atoms with van der Waals surface area (Å²) < 4.78 is 0. The van der Waals surface area contributed by atoms with Gasteiger partial charge >= 0.3 is 6.09 Å². The molecule has 2 rings (SSSR count). The Kier molecular flexibility index (Phi) is 2.64. The van der Waals surface area contributed by atoms with Crippen molar-refractivity contribution >= 4 is 17.4 Å². The molecule has 1 aliphatic rings. The van der Waals surface area contributed by atoms with Gasteiger partial charge in [-0.2, -0.15) is 0 Å². The van der Waals surface area contributed by atoms with Gasteiger partial charge in [0, 0.05) is 31.2 Å². The molecule has 1 aromatic heterocycles. The summed E-state index contributed by atoms with van der Waals surface area (Å²) in [4.78, 5) is 16.3. The lowest BCUT2D eigenvalue weighted by molar-refractivity contribution is 0.129. The van der Waals surface area contributed by atoms with Crippen LogP contribution in [-0.4, -0.2) is 40.7 Å². The monoisotopic (exact) mass is 213 g/mol. The average molecular weight is 213 g/mol. The normalized spacial score (nSPS) is 22.3. The molecule has 14 heavy (non-hydrogen) atoms. The second kappa shape index (κ2) is 3.93. The highest BCUT2D eigenvalue weighted by Gasteiger charge is 2.24. The van der Waals surface area contributed by atoms with Crippen molar-refractivity contribution in [2.45, 2.75) is 6.04 Å². The highest BCUT2D eigenvalue weighted by Crippen LogP contribution is 2.18. The first kappa shape index (κ1) is 9.42. The van der Waals surface area contributed by atoms with Crippen LogP contribution in [0, 0.1) is 0 Å². The van der Waals surface area contributed by atoms with Crippen LogP contribution in [0.25, 0.3) is 0 Å². The lowest BCUT2D eigenvalue weighted by atomic mass is 10.2. The number of piperazine rings is 1. The van der Waals surface area contributed by atoms with E-state index in [1.165, 1.54) is 4.90 Å². The maximum absolute atomic E-state index is 10.8. The number of carboxylic acid groups (broad SMARTS) is 1. The highest BCUT2D eigenvalue weighted by atomic mass is 32.1. The SMILES string of the molecule is O=C(O)N1CCNC(c2nccs2)C1. The van der Waals surface area contributed by atoms with E-state index >= 15 is 0 Å². The predicted molar refractivity (Wildman–Crippen MR) is 52.5 cm³/mol. The average Bonchev–Trinajstić information content (AvgIpc) is 2.71. The van der Waals surface area contributed by atoms with Gasteiger partial charge in [-0.3, -0.25) is 0 Å². The maximum Gasteiger partial charge on any atom is 0.407 e. The zero-order chi connectivity index (χ0) is 9.97. The molecule has 1 atom stereocenters. The van der Waals surface area contributed by atoms with Gasteiger partial charge in [0.25, 0.3) is 0 Å². The fraction of sp³-hybridized carbons (Fsp3) is 0.500. The van der Waals surface area contributed by atoms with Gasteiger partial charge in [-0.25, -0.2) is 9.78 Å². The van der Waals surface area contributed by atoms with E-state index in [0.29, 0.717) is 19.6 Å². The van der Waals surface area contributed by atoms with Crippen molar-refractivity contribution in [1.82, 2.24) is 15.2 Å². The number of nitrogens with zero attached hydrogens (tertiary/aromatic N) is 2. The number of thiazole rings is 1. The Labute approximate surface area is 85.4 Å². The molecule has 1 fully saturated rings. The van der Waals surface area contributed by atoms with E-state index in [1.54, 1.807) is 17.5 Å². The fourth-order valence-electron chi connectivity index (χ4n) is 1.50. The van der Waals surface area contributed by atoms with Crippen LogP contribution < -0.4 is 5.32 Å². The van der Waals surface area contributed by atoms with Gasteiger partial charge in [0.2, 0.25) is 0 Å². The Balaban J connectivity index is 2.04. The van der Waals surface area contributed by atoms with Crippen LogP contribution in [0.2, 0.25) is 0 Å². The molecule has 0 spiro atoms. The summed E-state index contributed by atoms with van der Waals surface area (Å²) in [5.74, 6) is 0. The van der Waals surface area contributed by atoms with Gasteiger partial charge < -0.3 is 15.3 Å². The molecule has 5 nitrogen and oxygen atoms in total. The molecule has 1 aromatic rings. The Bertz CT molecular complexity index is 314. The summed E-state index contributed by atoms with van der Waals surface area (Å²) in [6.07, 6.45) is 0.884. The summed E-state index contributed by atoms with van der Waals surface area (Å²) in [5, 5.41) is 14.9. The minimum atomic E-state index is -0.854. The number of nitrogens with one attached hydrogen (secondary N) is 1. The maximum atomic E-state index is 10.8. The number of amides is 1. The van der Waals surface area contributed by atoms with Crippen molar-refractivity contribution < 1.29 is 9.90 Å². The van der Waals surface area contributed by atoms with Crippen LogP contribution in [0.15, 0.2) is 11.6 Å². The quantitative estimate of drug-likeness (QED) is 0.723. The van der Waals surface area contributed by atoms with Crippen molar-refractivity contribution in [2.24, 2.45) is 0 Å². The second-order valence-electron chi connectivity index (χ2n) is 3.11. The molecule has 1 amide bonds. The first-order valence-electron chi connectivity index (χ1n) is 4.38. The first-order chi connectivity index (χ1) is 6.77. The van der Waals surface area contributed by atoms with Crippen LogP contribution in [0.4, 0.5) is 4.79 Å². The molecule has 1 unspecified atom stereocenters. The molecule has 0 aliphatic carbocycles. The Morgan fingerprint density at radius 1 is 1.79 bits per heavy atom. The van der Waals surface area contributed by atoms with Crippen molar-refractivity contribution in [3.8, 4) is 0 Å². The van der Waals surface area contributed by atoms with Gasteiger partial charge in [0.05, 0.1) is 6.04 Å². The molecule has 0 saturated carbocycles. The molecule has 76 valence electrons. The van der Waals surface area contributed by atoms with Crippen LogP contribution in [0.1, 0.15) is 11.0 Å². The smallest absolute Gasteiger partial charge is 0.407 e. The van der Waals surface area contributed by atoms with Crippen molar-refractivity contribution in [3.05, 3.63) is 16.6 Å². The van der Waals surface area contributed by atoms with Gasteiger partial charge in [0.1, 0.15) is 5.01 Å². The number of aromatic nitrogens is 1. The molecular formula is C8H11N3O2S. The zero-order valence-corrected chi connectivity index (χ0v) is 8.33. The topological polar surface area (TPSA) is 65.5 Å². The second-order valence-corrected chi connectivity index (χ2v) is 4.03. The van der Waals surface area contributed by atoms with Gasteiger partial charge in [-0.1, -0.05) is 0 Å². The summed E-state index contributed by atoms with van der Waals surface area (Å²) in [5.41, 5.74) is 0. The minimum absolute atomic E-state index is 0.0554. The Morgan fingerprint density at radius 3 is 3.29 bits per heavy atom. The van der Waals surface area contributed by atoms with E-state index in [0.717, 1.165) is 5.01 Å². The van der Waals surface area contributed by atoms with Gasteiger partial charge in [-0.15, -0.1) is 11.3 Å². The molecule has 1 saturated heterocycles. The van der Waals surface area contributed by atoms with Crippen LogP contribution in [0.5, 0.6) is 0 Å². The summed E-state index contributed by atoms with van der Waals surface area (Å²) in [6.45, 7) is 1.73. The summed E-state index contributed by atoms with van der Waals surface area (Å²) in [6, 6.07) is 0.0554. The molecule has 6 heteroatoms. The molecular weight excluding hydrogens is 202 g/mol. The van der Waals surface area contributed by atoms with E-state index in [9.17, 15) is 4.79 Å². The molecule has 0 aromatic carbocycles. The molecule has 1 aliphatic heterocycles. The van der Waals surface area contributed by atoms with Crippen molar-refractivity contribution in [1.29, 1.82) is 0 Å².